The quantitative estimate of drug-likeness (QED) is 0.859. The number of halogens is 2. The molecule has 20 heavy (non-hydrogen) atoms. The molecule has 3 nitrogen and oxygen atoms in total. The van der Waals surface area contributed by atoms with E-state index in [1.165, 1.54) is 0 Å². The molecule has 0 bridgehead atoms. The summed E-state index contributed by atoms with van der Waals surface area (Å²) in [5.74, 6) is 0.885. The van der Waals surface area contributed by atoms with Crippen molar-refractivity contribution in [3.8, 4) is 11.3 Å². The van der Waals surface area contributed by atoms with Crippen LogP contribution < -0.4 is 5.32 Å². The largest absolute Gasteiger partial charge is 0.370 e. The molecule has 0 saturated carbocycles. The van der Waals surface area contributed by atoms with E-state index in [0.29, 0.717) is 10.0 Å². The summed E-state index contributed by atoms with van der Waals surface area (Å²) in [5.41, 5.74) is 2.88. The maximum absolute atomic E-state index is 6.08. The summed E-state index contributed by atoms with van der Waals surface area (Å²) in [6.07, 6.45) is 3.46. The molecule has 2 aromatic rings. The van der Waals surface area contributed by atoms with Crippen molar-refractivity contribution < 1.29 is 0 Å². The summed E-state index contributed by atoms with van der Waals surface area (Å²) in [7, 11) is 0. The molecule has 0 amide bonds. The zero-order chi connectivity index (χ0) is 14.5. The van der Waals surface area contributed by atoms with E-state index >= 15 is 0 Å². The fourth-order valence-electron chi connectivity index (χ4n) is 2.08. The molecular formula is C15H17Cl2N3. The average Bonchev–Trinajstić information content (AvgIpc) is 2.43. The van der Waals surface area contributed by atoms with Gasteiger partial charge in [0.1, 0.15) is 12.1 Å². The van der Waals surface area contributed by atoms with Gasteiger partial charge in [0.25, 0.3) is 0 Å². The fraction of sp³-hybridized carbons (Fsp3) is 0.333. The van der Waals surface area contributed by atoms with Crippen molar-refractivity contribution in [2.75, 3.05) is 11.9 Å². The third-order valence-electron chi connectivity index (χ3n) is 2.98. The highest BCUT2D eigenvalue weighted by Crippen LogP contribution is 2.30. The van der Waals surface area contributed by atoms with E-state index < -0.39 is 0 Å². The summed E-state index contributed by atoms with van der Waals surface area (Å²) in [6, 6.07) is 5.47. The third kappa shape index (κ3) is 3.41. The zero-order valence-corrected chi connectivity index (χ0v) is 13.1. The molecule has 0 saturated heterocycles. The minimum Gasteiger partial charge on any atom is -0.370 e. The van der Waals surface area contributed by atoms with Gasteiger partial charge >= 0.3 is 0 Å². The van der Waals surface area contributed by atoms with E-state index in [4.69, 9.17) is 23.2 Å². The first-order valence-electron chi connectivity index (χ1n) is 6.69. The SMILES string of the molecule is CCCNc1ncnc(-c2cc(Cl)cc(Cl)c2)c1CC. The first kappa shape index (κ1) is 15.1. The molecule has 1 heterocycles. The van der Waals surface area contributed by atoms with E-state index in [2.05, 4.69) is 29.1 Å². The van der Waals surface area contributed by atoms with Gasteiger partial charge in [-0.15, -0.1) is 0 Å². The van der Waals surface area contributed by atoms with Gasteiger partial charge in [0.15, 0.2) is 0 Å². The van der Waals surface area contributed by atoms with Crippen LogP contribution in [0.15, 0.2) is 24.5 Å². The van der Waals surface area contributed by atoms with Crippen molar-refractivity contribution in [2.45, 2.75) is 26.7 Å². The number of aromatic nitrogens is 2. The lowest BCUT2D eigenvalue weighted by molar-refractivity contribution is 0.949. The second-order valence-electron chi connectivity index (χ2n) is 4.49. The second kappa shape index (κ2) is 6.91. The summed E-state index contributed by atoms with van der Waals surface area (Å²) < 4.78 is 0. The van der Waals surface area contributed by atoms with E-state index in [-0.39, 0.29) is 0 Å². The smallest absolute Gasteiger partial charge is 0.133 e. The second-order valence-corrected chi connectivity index (χ2v) is 5.36. The average molecular weight is 310 g/mol. The van der Waals surface area contributed by atoms with Gasteiger partial charge in [-0.1, -0.05) is 37.0 Å². The number of hydrogen-bond acceptors (Lipinski definition) is 3. The van der Waals surface area contributed by atoms with Crippen LogP contribution in [0.1, 0.15) is 25.8 Å². The Bertz CT molecular complexity index is 579. The van der Waals surface area contributed by atoms with Gasteiger partial charge in [-0.25, -0.2) is 9.97 Å². The van der Waals surface area contributed by atoms with Gasteiger partial charge in [0.05, 0.1) is 5.69 Å². The first-order valence-corrected chi connectivity index (χ1v) is 7.45. The Morgan fingerprint density at radius 1 is 1.05 bits per heavy atom. The van der Waals surface area contributed by atoms with Gasteiger partial charge in [-0.3, -0.25) is 0 Å². The van der Waals surface area contributed by atoms with Crippen LogP contribution in [0.2, 0.25) is 10.0 Å². The highest BCUT2D eigenvalue weighted by molar-refractivity contribution is 6.35. The monoisotopic (exact) mass is 309 g/mol. The molecule has 0 aliphatic carbocycles. The van der Waals surface area contributed by atoms with Crippen LogP contribution in [0.4, 0.5) is 5.82 Å². The minimum atomic E-state index is 0.608. The fourth-order valence-corrected chi connectivity index (χ4v) is 2.61. The maximum Gasteiger partial charge on any atom is 0.133 e. The lowest BCUT2D eigenvalue weighted by Crippen LogP contribution is -2.07. The number of benzene rings is 1. The Hall–Kier alpha value is -1.32. The van der Waals surface area contributed by atoms with Crippen molar-refractivity contribution in [1.29, 1.82) is 0 Å². The molecule has 0 fully saturated rings. The van der Waals surface area contributed by atoms with Crippen LogP contribution in [0.5, 0.6) is 0 Å². The van der Waals surface area contributed by atoms with E-state index in [1.807, 2.05) is 12.1 Å². The number of hydrogen-bond donors (Lipinski definition) is 1. The maximum atomic E-state index is 6.08. The molecule has 1 aromatic carbocycles. The van der Waals surface area contributed by atoms with Crippen LogP contribution in [0.25, 0.3) is 11.3 Å². The van der Waals surface area contributed by atoms with Crippen LogP contribution in [0.3, 0.4) is 0 Å². The summed E-state index contributed by atoms with van der Waals surface area (Å²) >= 11 is 12.2. The first-order chi connectivity index (χ1) is 9.65. The van der Waals surface area contributed by atoms with Gasteiger partial charge < -0.3 is 5.32 Å². The standard InChI is InChI=1S/C15H17Cl2N3/c1-3-5-18-15-13(4-2)14(19-9-20-15)10-6-11(16)8-12(17)7-10/h6-9H,3-5H2,1-2H3,(H,18,19,20). The molecule has 1 aromatic heterocycles. The number of anilines is 1. The lowest BCUT2D eigenvalue weighted by Gasteiger charge is -2.13. The summed E-state index contributed by atoms with van der Waals surface area (Å²) in [4.78, 5) is 8.73. The van der Waals surface area contributed by atoms with Gasteiger partial charge in [0, 0.05) is 27.7 Å². The normalized spacial score (nSPS) is 10.6. The molecule has 0 aliphatic rings. The predicted octanol–water partition coefficient (Wildman–Crippen LogP) is 4.83. The number of rotatable bonds is 5. The Labute approximate surface area is 129 Å². The Morgan fingerprint density at radius 2 is 1.75 bits per heavy atom. The molecule has 0 spiro atoms. The Balaban J connectivity index is 2.50. The van der Waals surface area contributed by atoms with Crippen molar-refractivity contribution in [2.24, 2.45) is 0 Å². The lowest BCUT2D eigenvalue weighted by atomic mass is 10.0. The molecule has 1 N–H and O–H groups in total. The van der Waals surface area contributed by atoms with Crippen molar-refractivity contribution in [3.05, 3.63) is 40.1 Å². The van der Waals surface area contributed by atoms with Gasteiger partial charge in [0.2, 0.25) is 0 Å². The van der Waals surface area contributed by atoms with Crippen LogP contribution in [-0.4, -0.2) is 16.5 Å². The molecule has 0 radical (unpaired) electrons. The number of nitrogens with zero attached hydrogens (tertiary/aromatic N) is 2. The van der Waals surface area contributed by atoms with Crippen molar-refractivity contribution in [1.82, 2.24) is 9.97 Å². The topological polar surface area (TPSA) is 37.8 Å². The van der Waals surface area contributed by atoms with E-state index in [9.17, 15) is 0 Å². The third-order valence-corrected chi connectivity index (χ3v) is 3.41. The van der Waals surface area contributed by atoms with Crippen LogP contribution in [0, 0.1) is 0 Å². The Kier molecular flexibility index (Phi) is 5.21. The van der Waals surface area contributed by atoms with Gasteiger partial charge in [-0.05, 0) is 31.0 Å². The predicted molar refractivity (Wildman–Crippen MR) is 85.6 cm³/mol. The molecule has 0 unspecified atom stereocenters. The zero-order valence-electron chi connectivity index (χ0n) is 11.6. The van der Waals surface area contributed by atoms with Gasteiger partial charge in [-0.2, -0.15) is 0 Å². The summed E-state index contributed by atoms with van der Waals surface area (Å²) in [5, 5.41) is 4.55. The van der Waals surface area contributed by atoms with E-state index in [0.717, 1.165) is 42.0 Å². The molecular weight excluding hydrogens is 293 g/mol. The summed E-state index contributed by atoms with van der Waals surface area (Å²) in [6.45, 7) is 5.10. The molecule has 0 aliphatic heterocycles. The van der Waals surface area contributed by atoms with Crippen molar-refractivity contribution >= 4 is 29.0 Å². The molecule has 106 valence electrons. The Morgan fingerprint density at radius 3 is 2.35 bits per heavy atom. The molecule has 0 atom stereocenters. The molecule has 2 rings (SSSR count). The van der Waals surface area contributed by atoms with Crippen LogP contribution in [-0.2, 0) is 6.42 Å². The number of nitrogens with one attached hydrogen (secondary N) is 1. The highest BCUT2D eigenvalue weighted by atomic mass is 35.5. The van der Waals surface area contributed by atoms with Crippen molar-refractivity contribution in [3.63, 3.8) is 0 Å². The van der Waals surface area contributed by atoms with E-state index in [1.54, 1.807) is 12.4 Å². The highest BCUT2D eigenvalue weighted by Gasteiger charge is 2.12. The molecule has 5 heteroatoms. The minimum absolute atomic E-state index is 0.608. The van der Waals surface area contributed by atoms with Crippen LogP contribution >= 0.6 is 23.2 Å².